The van der Waals surface area contributed by atoms with E-state index in [2.05, 4.69) is 0 Å². The summed E-state index contributed by atoms with van der Waals surface area (Å²) in [4.78, 5) is 19.8. The fourth-order valence-corrected chi connectivity index (χ4v) is 4.25. The van der Waals surface area contributed by atoms with Gasteiger partial charge in [-0.05, 0) is 42.7 Å². The summed E-state index contributed by atoms with van der Waals surface area (Å²) in [5, 5.41) is 0.720. The van der Waals surface area contributed by atoms with Crippen molar-refractivity contribution in [3.05, 3.63) is 59.7 Å². The van der Waals surface area contributed by atoms with Crippen molar-refractivity contribution in [3.63, 3.8) is 0 Å². The minimum absolute atomic E-state index is 0.0477. The molecule has 1 aromatic heterocycles. The van der Waals surface area contributed by atoms with Crippen LogP contribution in [0, 0.1) is 0 Å². The first-order valence-corrected chi connectivity index (χ1v) is 9.93. The van der Waals surface area contributed by atoms with Gasteiger partial charge in [0.1, 0.15) is 0 Å². The number of carbonyl (C=O) groups excluding carboxylic acids is 1. The Balaban J connectivity index is 1.64. The number of amides is 1. The van der Waals surface area contributed by atoms with E-state index < -0.39 is 0 Å². The molecule has 0 radical (unpaired) electrons. The molecule has 4 rings (SSSR count). The molecule has 0 bridgehead atoms. The summed E-state index contributed by atoms with van der Waals surface area (Å²) in [6.45, 7) is 1.82. The Kier molecular flexibility index (Phi) is 5.48. The maximum absolute atomic E-state index is 13.3. The third kappa shape index (κ3) is 4.03. The molecule has 1 fully saturated rings. The highest BCUT2D eigenvalue weighted by molar-refractivity contribution is 7.22. The standard InChI is InChI=1S/C21H22N2O3S/c1-25-14-15-8-10-16(11-9-15)20(24)23(13-17-5-4-12-26-17)21-22-18-6-2-3-7-19(18)27-21/h2-3,6-11,17H,4-5,12-14H2,1H3. The van der Waals surface area contributed by atoms with Crippen LogP contribution in [0.1, 0.15) is 28.8 Å². The van der Waals surface area contributed by atoms with Crippen LogP contribution in [-0.2, 0) is 16.1 Å². The molecule has 1 atom stereocenters. The summed E-state index contributed by atoms with van der Waals surface area (Å²) in [5.74, 6) is -0.0477. The van der Waals surface area contributed by atoms with E-state index in [9.17, 15) is 4.79 Å². The van der Waals surface area contributed by atoms with Crippen LogP contribution in [0.25, 0.3) is 10.2 Å². The van der Waals surface area contributed by atoms with Crippen LogP contribution in [-0.4, -0.2) is 37.3 Å². The molecule has 1 amide bonds. The smallest absolute Gasteiger partial charge is 0.260 e. The zero-order chi connectivity index (χ0) is 18.6. The highest BCUT2D eigenvalue weighted by Gasteiger charge is 2.27. The fraction of sp³-hybridized carbons (Fsp3) is 0.333. The average molecular weight is 382 g/mol. The Morgan fingerprint density at radius 1 is 1.26 bits per heavy atom. The SMILES string of the molecule is COCc1ccc(C(=O)N(CC2CCCO2)c2nc3ccccc3s2)cc1. The first-order valence-electron chi connectivity index (χ1n) is 9.11. The van der Waals surface area contributed by atoms with Gasteiger partial charge in [-0.2, -0.15) is 0 Å². The van der Waals surface area contributed by atoms with Crippen LogP contribution < -0.4 is 4.90 Å². The largest absolute Gasteiger partial charge is 0.380 e. The van der Waals surface area contributed by atoms with E-state index >= 15 is 0 Å². The lowest BCUT2D eigenvalue weighted by atomic mass is 10.1. The van der Waals surface area contributed by atoms with E-state index in [1.807, 2.05) is 48.5 Å². The van der Waals surface area contributed by atoms with Gasteiger partial charge in [0.2, 0.25) is 0 Å². The molecule has 27 heavy (non-hydrogen) atoms. The Morgan fingerprint density at radius 2 is 2.07 bits per heavy atom. The predicted octanol–water partition coefficient (Wildman–Crippen LogP) is 4.27. The average Bonchev–Trinajstić information content (AvgIpc) is 3.35. The van der Waals surface area contributed by atoms with Crippen LogP contribution in [0.15, 0.2) is 48.5 Å². The Hall–Kier alpha value is -2.28. The zero-order valence-corrected chi connectivity index (χ0v) is 16.1. The second-order valence-corrected chi connectivity index (χ2v) is 7.65. The summed E-state index contributed by atoms with van der Waals surface area (Å²) in [7, 11) is 1.66. The van der Waals surface area contributed by atoms with Gasteiger partial charge in [-0.25, -0.2) is 4.98 Å². The number of aromatic nitrogens is 1. The van der Waals surface area contributed by atoms with Gasteiger partial charge >= 0.3 is 0 Å². The first kappa shape index (κ1) is 18.1. The van der Waals surface area contributed by atoms with Crippen LogP contribution in [0.2, 0.25) is 0 Å². The number of hydrogen-bond donors (Lipinski definition) is 0. The van der Waals surface area contributed by atoms with E-state index in [-0.39, 0.29) is 12.0 Å². The number of ether oxygens (including phenoxy) is 2. The molecule has 1 aliphatic heterocycles. The number of carbonyl (C=O) groups is 1. The van der Waals surface area contributed by atoms with Crippen LogP contribution in [0.5, 0.6) is 0 Å². The molecule has 2 aromatic carbocycles. The molecule has 140 valence electrons. The number of thiazole rings is 1. The number of anilines is 1. The van der Waals surface area contributed by atoms with Crippen LogP contribution in [0.4, 0.5) is 5.13 Å². The minimum Gasteiger partial charge on any atom is -0.380 e. The van der Waals surface area contributed by atoms with Crippen molar-refractivity contribution in [2.75, 3.05) is 25.2 Å². The van der Waals surface area contributed by atoms with Gasteiger partial charge in [0.15, 0.2) is 5.13 Å². The summed E-state index contributed by atoms with van der Waals surface area (Å²) in [6, 6.07) is 15.5. The Bertz CT molecular complexity index is 884. The summed E-state index contributed by atoms with van der Waals surface area (Å²) in [5.41, 5.74) is 2.60. The van der Waals surface area contributed by atoms with Gasteiger partial charge in [-0.3, -0.25) is 9.69 Å². The maximum atomic E-state index is 13.3. The van der Waals surface area contributed by atoms with Crippen LogP contribution >= 0.6 is 11.3 Å². The van der Waals surface area contributed by atoms with Gasteiger partial charge in [0, 0.05) is 19.3 Å². The molecule has 1 unspecified atom stereocenters. The normalized spacial score (nSPS) is 16.7. The number of methoxy groups -OCH3 is 1. The molecule has 0 saturated carbocycles. The number of nitrogens with zero attached hydrogens (tertiary/aromatic N) is 2. The number of benzene rings is 2. The molecular weight excluding hydrogens is 360 g/mol. The molecular formula is C21H22N2O3S. The molecule has 6 heteroatoms. The second kappa shape index (κ2) is 8.17. The van der Waals surface area contributed by atoms with E-state index in [1.54, 1.807) is 23.3 Å². The topological polar surface area (TPSA) is 51.7 Å². The molecule has 1 aliphatic rings. The summed E-state index contributed by atoms with van der Waals surface area (Å²) < 4.78 is 12.0. The molecule has 0 aliphatic carbocycles. The third-order valence-corrected chi connectivity index (χ3v) is 5.74. The Labute approximate surface area is 162 Å². The first-order chi connectivity index (χ1) is 13.2. The number of hydrogen-bond acceptors (Lipinski definition) is 5. The van der Waals surface area contributed by atoms with Crippen molar-refractivity contribution in [1.82, 2.24) is 4.98 Å². The van der Waals surface area contributed by atoms with E-state index in [1.165, 1.54) is 0 Å². The molecule has 0 N–H and O–H groups in total. The van der Waals surface area contributed by atoms with E-state index in [0.717, 1.165) is 40.4 Å². The van der Waals surface area contributed by atoms with Crippen molar-refractivity contribution in [3.8, 4) is 0 Å². The molecule has 5 nitrogen and oxygen atoms in total. The molecule has 0 spiro atoms. The van der Waals surface area contributed by atoms with Crippen molar-refractivity contribution in [1.29, 1.82) is 0 Å². The maximum Gasteiger partial charge on any atom is 0.260 e. The molecule has 1 saturated heterocycles. The lowest BCUT2D eigenvalue weighted by molar-refractivity contribution is 0.0917. The van der Waals surface area contributed by atoms with Gasteiger partial charge in [-0.1, -0.05) is 35.6 Å². The van der Waals surface area contributed by atoms with Crippen molar-refractivity contribution >= 4 is 32.6 Å². The highest BCUT2D eigenvalue weighted by Crippen LogP contribution is 2.30. The van der Waals surface area contributed by atoms with Gasteiger partial charge in [-0.15, -0.1) is 0 Å². The number of fused-ring (bicyclic) bond motifs is 1. The number of para-hydroxylation sites is 1. The zero-order valence-electron chi connectivity index (χ0n) is 15.3. The van der Waals surface area contributed by atoms with Crippen molar-refractivity contribution in [2.24, 2.45) is 0 Å². The Morgan fingerprint density at radius 3 is 2.78 bits per heavy atom. The minimum atomic E-state index is -0.0477. The monoisotopic (exact) mass is 382 g/mol. The molecule has 3 aromatic rings. The quantitative estimate of drug-likeness (QED) is 0.639. The van der Waals surface area contributed by atoms with Gasteiger partial charge in [0.05, 0.1) is 29.5 Å². The van der Waals surface area contributed by atoms with Gasteiger partial charge < -0.3 is 9.47 Å². The van der Waals surface area contributed by atoms with Crippen LogP contribution in [0.3, 0.4) is 0 Å². The van der Waals surface area contributed by atoms with E-state index in [4.69, 9.17) is 14.5 Å². The fourth-order valence-electron chi connectivity index (χ4n) is 3.28. The lowest BCUT2D eigenvalue weighted by Gasteiger charge is -2.23. The number of rotatable bonds is 6. The predicted molar refractivity (Wildman–Crippen MR) is 107 cm³/mol. The second-order valence-electron chi connectivity index (χ2n) is 6.64. The van der Waals surface area contributed by atoms with Crippen molar-refractivity contribution < 1.29 is 14.3 Å². The van der Waals surface area contributed by atoms with Crippen molar-refractivity contribution in [2.45, 2.75) is 25.6 Å². The highest BCUT2D eigenvalue weighted by atomic mass is 32.1. The third-order valence-electron chi connectivity index (χ3n) is 4.68. The lowest BCUT2D eigenvalue weighted by Crippen LogP contribution is -2.37. The molecule has 2 heterocycles. The van der Waals surface area contributed by atoms with E-state index in [0.29, 0.717) is 18.7 Å². The summed E-state index contributed by atoms with van der Waals surface area (Å²) in [6.07, 6.45) is 2.08. The summed E-state index contributed by atoms with van der Waals surface area (Å²) >= 11 is 1.54. The van der Waals surface area contributed by atoms with Gasteiger partial charge in [0.25, 0.3) is 5.91 Å².